The molecule has 0 radical (unpaired) electrons. The van der Waals surface area contributed by atoms with Crippen molar-refractivity contribution >= 4 is 5.52 Å². The zero-order chi connectivity index (χ0) is 9.26. The minimum atomic E-state index is 0.840. The van der Waals surface area contributed by atoms with E-state index in [-0.39, 0.29) is 0 Å². The van der Waals surface area contributed by atoms with Crippen molar-refractivity contribution in [1.29, 1.82) is 0 Å². The van der Waals surface area contributed by atoms with Gasteiger partial charge in [0.25, 0.3) is 0 Å². The van der Waals surface area contributed by atoms with Crippen LogP contribution in [0.5, 0.6) is 0 Å². The Morgan fingerprint density at radius 2 is 2.31 bits per heavy atom. The minimum Gasteiger partial charge on any atom is -0.237 e. The summed E-state index contributed by atoms with van der Waals surface area (Å²) in [6.45, 7) is 4.09. The maximum atomic E-state index is 4.43. The lowest BCUT2D eigenvalue weighted by Crippen LogP contribution is -2.02. The lowest BCUT2D eigenvalue weighted by Gasteiger charge is -2.02. The van der Waals surface area contributed by atoms with E-state index >= 15 is 0 Å². The molecule has 2 rings (SSSR count). The third-order valence-electron chi connectivity index (χ3n) is 2.06. The molecule has 2 aromatic heterocycles. The number of hydrogen-bond acceptors (Lipinski definition) is 2. The molecular weight excluding hydrogens is 162 g/mol. The summed E-state index contributed by atoms with van der Waals surface area (Å²) >= 11 is 0. The van der Waals surface area contributed by atoms with Gasteiger partial charge in [0.1, 0.15) is 5.82 Å². The molecule has 3 nitrogen and oxygen atoms in total. The first-order chi connectivity index (χ1) is 6.31. The fraction of sp³-hybridized carbons (Fsp3) is 0.400. The highest BCUT2D eigenvalue weighted by Gasteiger charge is 2.03. The number of hydrogen-bond donors (Lipinski definition) is 0. The molecule has 0 aliphatic carbocycles. The van der Waals surface area contributed by atoms with Crippen molar-refractivity contribution in [2.24, 2.45) is 0 Å². The normalized spacial score (nSPS) is 10.9. The molecule has 0 fully saturated rings. The molecule has 13 heavy (non-hydrogen) atoms. The summed E-state index contributed by atoms with van der Waals surface area (Å²) in [4.78, 5) is 4.43. The third kappa shape index (κ3) is 1.41. The Hall–Kier alpha value is -1.38. The van der Waals surface area contributed by atoms with Crippen LogP contribution in [0.4, 0.5) is 0 Å². The average Bonchev–Trinajstić information content (AvgIpc) is 2.52. The fourth-order valence-corrected chi connectivity index (χ4v) is 1.54. The summed E-state index contributed by atoms with van der Waals surface area (Å²) in [6, 6.07) is 4.06. The summed E-state index contributed by atoms with van der Waals surface area (Å²) in [6.07, 6.45) is 4.11. The van der Waals surface area contributed by atoms with E-state index in [9.17, 15) is 0 Å². The minimum absolute atomic E-state index is 0.840. The van der Waals surface area contributed by atoms with Crippen molar-refractivity contribution in [3.63, 3.8) is 0 Å². The van der Waals surface area contributed by atoms with Crippen LogP contribution in [0.15, 0.2) is 18.3 Å². The van der Waals surface area contributed by atoms with Crippen LogP contribution >= 0.6 is 0 Å². The molecular formula is C10H13N3. The van der Waals surface area contributed by atoms with Gasteiger partial charge in [0, 0.05) is 6.20 Å². The Morgan fingerprint density at radius 1 is 1.46 bits per heavy atom. The van der Waals surface area contributed by atoms with Crippen molar-refractivity contribution in [3.05, 3.63) is 29.8 Å². The molecule has 0 aromatic carbocycles. The average molecular weight is 175 g/mol. The van der Waals surface area contributed by atoms with Gasteiger partial charge in [-0.1, -0.05) is 13.3 Å². The SMILES string of the molecule is CCCc1nc(C)nn2cccc12. The van der Waals surface area contributed by atoms with Crippen molar-refractivity contribution in [3.8, 4) is 0 Å². The first-order valence-corrected chi connectivity index (χ1v) is 4.62. The van der Waals surface area contributed by atoms with Gasteiger partial charge in [-0.25, -0.2) is 9.50 Å². The number of nitrogens with zero attached hydrogens (tertiary/aromatic N) is 3. The second kappa shape index (κ2) is 3.17. The van der Waals surface area contributed by atoms with Gasteiger partial charge in [-0.05, 0) is 25.5 Å². The molecule has 0 aliphatic heterocycles. The predicted molar refractivity (Wildman–Crippen MR) is 51.7 cm³/mol. The van der Waals surface area contributed by atoms with Gasteiger partial charge in [-0.2, -0.15) is 5.10 Å². The van der Waals surface area contributed by atoms with Gasteiger partial charge in [-0.15, -0.1) is 0 Å². The maximum absolute atomic E-state index is 4.43. The third-order valence-corrected chi connectivity index (χ3v) is 2.06. The molecule has 0 unspecified atom stereocenters. The number of aromatic nitrogens is 3. The smallest absolute Gasteiger partial charge is 0.146 e. The van der Waals surface area contributed by atoms with Crippen LogP contribution in [0, 0.1) is 6.92 Å². The van der Waals surface area contributed by atoms with Crippen LogP contribution in [0.1, 0.15) is 24.9 Å². The molecule has 0 N–H and O–H groups in total. The summed E-state index contributed by atoms with van der Waals surface area (Å²) in [5.41, 5.74) is 2.28. The summed E-state index contributed by atoms with van der Waals surface area (Å²) < 4.78 is 1.90. The number of rotatable bonds is 2. The van der Waals surface area contributed by atoms with Gasteiger partial charge < -0.3 is 0 Å². The molecule has 0 atom stereocenters. The van der Waals surface area contributed by atoms with Crippen LogP contribution in [0.2, 0.25) is 0 Å². The second-order valence-electron chi connectivity index (χ2n) is 3.19. The molecule has 68 valence electrons. The Bertz CT molecular complexity index is 417. The Labute approximate surface area is 77.4 Å². The molecule has 2 heterocycles. The topological polar surface area (TPSA) is 30.2 Å². The van der Waals surface area contributed by atoms with Crippen LogP contribution < -0.4 is 0 Å². The Morgan fingerprint density at radius 3 is 3.08 bits per heavy atom. The lowest BCUT2D eigenvalue weighted by atomic mass is 10.2. The first-order valence-electron chi connectivity index (χ1n) is 4.62. The predicted octanol–water partition coefficient (Wildman–Crippen LogP) is 1.99. The van der Waals surface area contributed by atoms with Crippen LogP contribution in [0.3, 0.4) is 0 Å². The van der Waals surface area contributed by atoms with E-state index in [0.29, 0.717) is 0 Å². The molecule has 0 saturated heterocycles. The van der Waals surface area contributed by atoms with Crippen LogP contribution in [-0.2, 0) is 6.42 Å². The summed E-state index contributed by atoms with van der Waals surface area (Å²) in [5, 5.41) is 4.28. The number of fused-ring (bicyclic) bond motifs is 1. The second-order valence-corrected chi connectivity index (χ2v) is 3.19. The highest BCUT2D eigenvalue weighted by Crippen LogP contribution is 2.10. The Balaban J connectivity index is 2.63. The zero-order valence-corrected chi connectivity index (χ0v) is 7.99. The van der Waals surface area contributed by atoms with Gasteiger partial charge >= 0.3 is 0 Å². The lowest BCUT2D eigenvalue weighted by molar-refractivity contribution is 0.797. The van der Waals surface area contributed by atoms with Gasteiger partial charge in [0.05, 0.1) is 11.2 Å². The highest BCUT2D eigenvalue weighted by atomic mass is 15.2. The summed E-state index contributed by atoms with van der Waals surface area (Å²) in [7, 11) is 0. The standard InChI is InChI=1S/C10H13N3/c1-3-5-9-10-6-4-7-13(10)12-8(2)11-9/h4,6-7H,3,5H2,1-2H3. The van der Waals surface area contributed by atoms with E-state index in [0.717, 1.165) is 29.9 Å². The monoisotopic (exact) mass is 175 g/mol. The molecule has 3 heteroatoms. The molecule has 0 saturated carbocycles. The highest BCUT2D eigenvalue weighted by molar-refractivity contribution is 5.51. The van der Waals surface area contributed by atoms with Crippen molar-refractivity contribution in [2.75, 3.05) is 0 Å². The molecule has 0 bridgehead atoms. The van der Waals surface area contributed by atoms with Crippen LogP contribution in [0.25, 0.3) is 5.52 Å². The first kappa shape index (κ1) is 8.23. The maximum Gasteiger partial charge on any atom is 0.146 e. The molecule has 0 spiro atoms. The van der Waals surface area contributed by atoms with E-state index in [1.165, 1.54) is 0 Å². The zero-order valence-electron chi connectivity index (χ0n) is 7.99. The van der Waals surface area contributed by atoms with Gasteiger partial charge in [0.2, 0.25) is 0 Å². The fourth-order valence-electron chi connectivity index (χ4n) is 1.54. The van der Waals surface area contributed by atoms with E-state index in [1.807, 2.05) is 23.7 Å². The van der Waals surface area contributed by atoms with Gasteiger partial charge in [-0.3, -0.25) is 0 Å². The van der Waals surface area contributed by atoms with Crippen LogP contribution in [-0.4, -0.2) is 14.6 Å². The quantitative estimate of drug-likeness (QED) is 0.698. The molecule has 0 aliphatic rings. The number of aryl methyl sites for hydroxylation is 2. The van der Waals surface area contributed by atoms with E-state index in [1.54, 1.807) is 0 Å². The Kier molecular flexibility index (Phi) is 2.00. The summed E-state index contributed by atoms with van der Waals surface area (Å²) in [5.74, 6) is 0.840. The molecule has 0 amide bonds. The van der Waals surface area contributed by atoms with E-state index in [2.05, 4.69) is 23.1 Å². The van der Waals surface area contributed by atoms with E-state index < -0.39 is 0 Å². The van der Waals surface area contributed by atoms with Crippen molar-refractivity contribution < 1.29 is 0 Å². The van der Waals surface area contributed by atoms with Gasteiger partial charge in [0.15, 0.2) is 0 Å². The van der Waals surface area contributed by atoms with Crippen molar-refractivity contribution in [1.82, 2.24) is 14.6 Å². The largest absolute Gasteiger partial charge is 0.237 e. The molecule has 2 aromatic rings. The van der Waals surface area contributed by atoms with E-state index in [4.69, 9.17) is 0 Å². The van der Waals surface area contributed by atoms with Crippen molar-refractivity contribution in [2.45, 2.75) is 26.7 Å².